The maximum Gasteiger partial charge on any atom is 0.122 e. The van der Waals surface area contributed by atoms with Gasteiger partial charge in [-0.05, 0) is 30.5 Å². The number of phenols is 1. The summed E-state index contributed by atoms with van der Waals surface area (Å²) in [6.07, 6.45) is -0.539. The second-order valence-electron chi connectivity index (χ2n) is 5.09. The predicted molar refractivity (Wildman–Crippen MR) is 80.7 cm³/mol. The maximum absolute atomic E-state index is 10.2. The van der Waals surface area contributed by atoms with Gasteiger partial charge in [0.15, 0.2) is 0 Å². The highest BCUT2D eigenvalue weighted by Crippen LogP contribution is 2.21. The van der Waals surface area contributed by atoms with Gasteiger partial charge in [0.1, 0.15) is 5.75 Å². The number of rotatable bonds is 5. The molecule has 1 atom stereocenters. The van der Waals surface area contributed by atoms with Crippen molar-refractivity contribution in [2.24, 2.45) is 0 Å². The van der Waals surface area contributed by atoms with E-state index in [-0.39, 0.29) is 0 Å². The van der Waals surface area contributed by atoms with Crippen molar-refractivity contribution in [3.8, 4) is 5.75 Å². The Bertz CT molecular complexity index is 581. The van der Waals surface area contributed by atoms with Crippen molar-refractivity contribution in [2.75, 3.05) is 6.54 Å². The van der Waals surface area contributed by atoms with Gasteiger partial charge >= 0.3 is 0 Å². The molecule has 0 amide bonds. The number of para-hydroxylation sites is 1. The molecule has 20 heavy (non-hydrogen) atoms. The van der Waals surface area contributed by atoms with E-state index in [1.54, 1.807) is 0 Å². The number of aryl methyl sites for hydroxylation is 2. The van der Waals surface area contributed by atoms with E-state index in [1.165, 1.54) is 0 Å². The monoisotopic (exact) mass is 271 g/mol. The number of nitrogens with one attached hydrogen (secondary N) is 1. The van der Waals surface area contributed by atoms with Crippen molar-refractivity contribution in [3.05, 3.63) is 64.7 Å². The van der Waals surface area contributed by atoms with Crippen molar-refractivity contribution in [1.82, 2.24) is 5.32 Å². The van der Waals surface area contributed by atoms with Crippen molar-refractivity contribution in [2.45, 2.75) is 26.5 Å². The van der Waals surface area contributed by atoms with Crippen LogP contribution in [0.15, 0.2) is 42.5 Å². The van der Waals surface area contributed by atoms with E-state index in [9.17, 15) is 10.2 Å². The zero-order valence-electron chi connectivity index (χ0n) is 11.9. The zero-order chi connectivity index (χ0) is 14.5. The molecule has 2 rings (SSSR count). The van der Waals surface area contributed by atoms with Gasteiger partial charge in [0.05, 0.1) is 6.10 Å². The first-order chi connectivity index (χ1) is 9.59. The van der Waals surface area contributed by atoms with Crippen LogP contribution in [0.1, 0.15) is 28.4 Å². The summed E-state index contributed by atoms with van der Waals surface area (Å²) in [5.74, 6) is 0.324. The number of aliphatic hydroxyl groups excluding tert-OH is 1. The van der Waals surface area contributed by atoms with Crippen LogP contribution in [0.2, 0.25) is 0 Å². The van der Waals surface area contributed by atoms with E-state index >= 15 is 0 Å². The van der Waals surface area contributed by atoms with Crippen LogP contribution in [0.25, 0.3) is 0 Å². The standard InChI is InChI=1S/C17H21NO2/c1-12-6-3-4-9-15(12)16(19)11-18-10-14-8-5-7-13(2)17(14)20/h3-9,16,18-20H,10-11H2,1-2H3. The van der Waals surface area contributed by atoms with Crippen molar-refractivity contribution >= 4 is 0 Å². The molecule has 3 N–H and O–H groups in total. The number of hydrogen-bond donors (Lipinski definition) is 3. The minimum atomic E-state index is -0.539. The van der Waals surface area contributed by atoms with E-state index in [1.807, 2.05) is 56.3 Å². The molecule has 0 aromatic heterocycles. The Hall–Kier alpha value is -1.84. The average Bonchev–Trinajstić information content (AvgIpc) is 2.44. The molecule has 0 radical (unpaired) electrons. The first-order valence-electron chi connectivity index (χ1n) is 6.81. The highest BCUT2D eigenvalue weighted by Gasteiger charge is 2.10. The summed E-state index contributed by atoms with van der Waals surface area (Å²) in [4.78, 5) is 0. The summed E-state index contributed by atoms with van der Waals surface area (Å²) in [6, 6.07) is 13.5. The van der Waals surface area contributed by atoms with Gasteiger partial charge in [-0.2, -0.15) is 0 Å². The Morgan fingerprint density at radius 2 is 1.70 bits per heavy atom. The topological polar surface area (TPSA) is 52.5 Å². The third-order valence-corrected chi connectivity index (χ3v) is 3.52. The Morgan fingerprint density at radius 1 is 1.00 bits per heavy atom. The molecule has 0 bridgehead atoms. The average molecular weight is 271 g/mol. The lowest BCUT2D eigenvalue weighted by molar-refractivity contribution is 0.173. The van der Waals surface area contributed by atoms with Crippen LogP contribution in [-0.4, -0.2) is 16.8 Å². The van der Waals surface area contributed by atoms with Crippen LogP contribution < -0.4 is 5.32 Å². The van der Waals surface area contributed by atoms with E-state index in [2.05, 4.69) is 5.32 Å². The Labute approximate surface area is 119 Å². The van der Waals surface area contributed by atoms with Gasteiger partial charge in [0, 0.05) is 18.7 Å². The molecular formula is C17H21NO2. The number of aromatic hydroxyl groups is 1. The zero-order valence-corrected chi connectivity index (χ0v) is 11.9. The summed E-state index contributed by atoms with van der Waals surface area (Å²) >= 11 is 0. The third kappa shape index (κ3) is 3.38. The van der Waals surface area contributed by atoms with Crippen molar-refractivity contribution < 1.29 is 10.2 Å². The fourth-order valence-corrected chi connectivity index (χ4v) is 2.28. The lowest BCUT2D eigenvalue weighted by atomic mass is 10.0. The van der Waals surface area contributed by atoms with Gasteiger partial charge in [-0.1, -0.05) is 42.5 Å². The summed E-state index contributed by atoms with van der Waals surface area (Å²) < 4.78 is 0. The minimum Gasteiger partial charge on any atom is -0.507 e. The Morgan fingerprint density at radius 3 is 2.45 bits per heavy atom. The fraction of sp³-hybridized carbons (Fsp3) is 0.294. The molecule has 2 aromatic carbocycles. The third-order valence-electron chi connectivity index (χ3n) is 3.52. The van der Waals surface area contributed by atoms with Crippen LogP contribution in [0.4, 0.5) is 0 Å². The molecule has 0 saturated carbocycles. The highest BCUT2D eigenvalue weighted by molar-refractivity contribution is 5.39. The van der Waals surface area contributed by atoms with Crippen LogP contribution in [-0.2, 0) is 6.54 Å². The largest absolute Gasteiger partial charge is 0.507 e. The summed E-state index contributed by atoms with van der Waals surface area (Å²) in [7, 11) is 0. The molecule has 0 aliphatic carbocycles. The van der Waals surface area contributed by atoms with Crippen LogP contribution in [0, 0.1) is 13.8 Å². The van der Waals surface area contributed by atoms with Crippen molar-refractivity contribution in [3.63, 3.8) is 0 Å². The number of phenolic OH excluding ortho intramolecular Hbond substituents is 1. The molecule has 0 aliphatic heterocycles. The lowest BCUT2D eigenvalue weighted by Gasteiger charge is -2.15. The SMILES string of the molecule is Cc1ccccc1C(O)CNCc1cccc(C)c1O. The molecule has 0 spiro atoms. The quantitative estimate of drug-likeness (QED) is 0.784. The molecule has 0 fully saturated rings. The van der Waals surface area contributed by atoms with Gasteiger partial charge in [-0.25, -0.2) is 0 Å². The second kappa shape index (κ2) is 6.55. The normalized spacial score (nSPS) is 12.3. The Kier molecular flexibility index (Phi) is 4.77. The van der Waals surface area contributed by atoms with Crippen LogP contribution in [0.5, 0.6) is 5.75 Å². The maximum atomic E-state index is 10.2. The van der Waals surface area contributed by atoms with E-state index in [0.717, 1.165) is 22.3 Å². The molecule has 106 valence electrons. The first-order valence-corrected chi connectivity index (χ1v) is 6.81. The van der Waals surface area contributed by atoms with Gasteiger partial charge in [0.25, 0.3) is 0 Å². The molecule has 0 saturated heterocycles. The molecule has 1 unspecified atom stereocenters. The van der Waals surface area contributed by atoms with Crippen molar-refractivity contribution in [1.29, 1.82) is 0 Å². The molecule has 3 nitrogen and oxygen atoms in total. The number of aliphatic hydroxyl groups is 1. The van der Waals surface area contributed by atoms with Crippen LogP contribution >= 0.6 is 0 Å². The first kappa shape index (κ1) is 14.6. The summed E-state index contributed by atoms with van der Waals surface area (Å²) in [5, 5.41) is 23.3. The summed E-state index contributed by atoms with van der Waals surface area (Å²) in [5.41, 5.74) is 3.74. The minimum absolute atomic E-state index is 0.324. The summed E-state index contributed by atoms with van der Waals surface area (Å²) in [6.45, 7) is 4.86. The fourth-order valence-electron chi connectivity index (χ4n) is 2.28. The number of hydrogen-bond acceptors (Lipinski definition) is 3. The van der Waals surface area contributed by atoms with Gasteiger partial charge < -0.3 is 15.5 Å². The molecule has 3 heteroatoms. The second-order valence-corrected chi connectivity index (χ2v) is 5.09. The molecule has 0 aliphatic rings. The lowest BCUT2D eigenvalue weighted by Crippen LogP contribution is -2.21. The van der Waals surface area contributed by atoms with Gasteiger partial charge in [0.2, 0.25) is 0 Å². The molecule has 2 aromatic rings. The van der Waals surface area contributed by atoms with E-state index in [4.69, 9.17) is 0 Å². The Balaban J connectivity index is 1.93. The molecule has 0 heterocycles. The van der Waals surface area contributed by atoms with Crippen LogP contribution in [0.3, 0.4) is 0 Å². The van der Waals surface area contributed by atoms with E-state index in [0.29, 0.717) is 18.8 Å². The number of benzene rings is 2. The van der Waals surface area contributed by atoms with E-state index < -0.39 is 6.10 Å². The highest BCUT2D eigenvalue weighted by atomic mass is 16.3. The predicted octanol–water partition coefficient (Wildman–Crippen LogP) is 2.83. The van der Waals surface area contributed by atoms with Gasteiger partial charge in [-0.15, -0.1) is 0 Å². The molecular weight excluding hydrogens is 250 g/mol. The smallest absolute Gasteiger partial charge is 0.122 e. The van der Waals surface area contributed by atoms with Gasteiger partial charge in [-0.3, -0.25) is 0 Å².